The first-order valence-corrected chi connectivity index (χ1v) is 12.0. The summed E-state index contributed by atoms with van der Waals surface area (Å²) in [4.78, 5) is 11.8. The minimum absolute atomic E-state index is 0.0909. The van der Waals surface area contributed by atoms with Crippen LogP contribution < -0.4 is 5.32 Å². The van der Waals surface area contributed by atoms with Crippen LogP contribution in [0, 0.1) is 34.5 Å². The normalized spacial score (nSPS) is 49.9. The minimum Gasteiger partial charge on any atom is -0.393 e. The van der Waals surface area contributed by atoms with Gasteiger partial charge in [-0.2, -0.15) is 0 Å². The first-order valence-electron chi connectivity index (χ1n) is 12.0. The van der Waals surface area contributed by atoms with Crippen LogP contribution in [0.1, 0.15) is 79.6 Å². The molecule has 5 nitrogen and oxygen atoms in total. The van der Waals surface area contributed by atoms with Crippen molar-refractivity contribution in [3.8, 4) is 0 Å². The van der Waals surface area contributed by atoms with Gasteiger partial charge in [-0.1, -0.05) is 25.5 Å². The summed E-state index contributed by atoms with van der Waals surface area (Å²) >= 11 is 0. The van der Waals surface area contributed by atoms with E-state index in [0.29, 0.717) is 17.8 Å². The van der Waals surface area contributed by atoms with Gasteiger partial charge < -0.3 is 20.6 Å². The Labute approximate surface area is 181 Å². The Hall–Kier alpha value is -0.910. The molecule has 0 aromatic heterocycles. The van der Waals surface area contributed by atoms with Crippen LogP contribution in [-0.2, 0) is 4.79 Å². The average Bonchev–Trinajstić information content (AvgIpc) is 2.91. The number of hydrogen-bond acceptors (Lipinski definition) is 4. The Balaban J connectivity index is 1.71. The second-order valence-corrected chi connectivity index (χ2v) is 11.4. The zero-order valence-corrected chi connectivity index (χ0v) is 19.3. The van der Waals surface area contributed by atoms with Gasteiger partial charge in [-0.25, -0.2) is 0 Å². The predicted molar refractivity (Wildman–Crippen MR) is 116 cm³/mol. The van der Waals surface area contributed by atoms with Gasteiger partial charge in [-0.3, -0.25) is 4.79 Å². The van der Waals surface area contributed by atoms with Crippen LogP contribution in [0.5, 0.6) is 0 Å². The van der Waals surface area contributed by atoms with Crippen LogP contribution in [-0.4, -0.2) is 45.1 Å². The Morgan fingerprint density at radius 1 is 1.20 bits per heavy atom. The molecule has 4 aliphatic rings. The second kappa shape index (κ2) is 7.31. The summed E-state index contributed by atoms with van der Waals surface area (Å²) in [5, 5.41) is 36.1. The summed E-state index contributed by atoms with van der Waals surface area (Å²) in [6, 6.07) is -0.182. The lowest BCUT2D eigenvalue weighted by molar-refractivity contribution is -0.189. The topological polar surface area (TPSA) is 89.8 Å². The maximum Gasteiger partial charge on any atom is 0.217 e. The van der Waals surface area contributed by atoms with Gasteiger partial charge in [0.05, 0.1) is 12.2 Å². The standard InChI is InChI=1S/C25H41NO4/c1-14(26-16(3)28)21-13-22-19-7-6-17-12-18(29)8-10-23(17,4)20(19)9-11-24(22,5)25(21,30)15(2)27/h6,14-15,18-22,27,29-30H,7-13H2,1-5H3,(H,26,28)/t14?,15?,18-,19+,20-,21-,22-,23-,24-,25+/m0/s1. The van der Waals surface area contributed by atoms with E-state index in [0.717, 1.165) is 44.9 Å². The molecule has 2 unspecified atom stereocenters. The molecule has 0 heterocycles. The molecule has 170 valence electrons. The van der Waals surface area contributed by atoms with E-state index in [4.69, 9.17) is 0 Å². The number of carbonyl (C=O) groups excluding carboxylic acids is 1. The molecule has 3 saturated carbocycles. The summed E-state index contributed by atoms with van der Waals surface area (Å²) in [5.41, 5.74) is 0.0136. The number of amides is 1. The Kier molecular flexibility index (Phi) is 5.43. The van der Waals surface area contributed by atoms with Gasteiger partial charge in [0, 0.05) is 24.3 Å². The Morgan fingerprint density at radius 2 is 1.90 bits per heavy atom. The zero-order chi connectivity index (χ0) is 22.1. The number of nitrogens with one attached hydrogen (secondary N) is 1. The van der Waals surface area contributed by atoms with Crippen LogP contribution in [0.2, 0.25) is 0 Å². The molecule has 3 fully saturated rings. The van der Waals surface area contributed by atoms with E-state index < -0.39 is 11.7 Å². The highest BCUT2D eigenvalue weighted by Crippen LogP contribution is 2.69. The number of rotatable bonds is 3. The summed E-state index contributed by atoms with van der Waals surface area (Å²) in [6.07, 6.45) is 7.85. The Morgan fingerprint density at radius 3 is 2.53 bits per heavy atom. The van der Waals surface area contributed by atoms with Crippen molar-refractivity contribution in [3.05, 3.63) is 11.6 Å². The van der Waals surface area contributed by atoms with Gasteiger partial charge in [0.2, 0.25) is 5.91 Å². The lowest BCUT2D eigenvalue weighted by atomic mass is 9.46. The second-order valence-electron chi connectivity index (χ2n) is 11.4. The lowest BCUT2D eigenvalue weighted by Crippen LogP contribution is -2.62. The van der Waals surface area contributed by atoms with Crippen molar-refractivity contribution in [1.82, 2.24) is 5.32 Å². The summed E-state index contributed by atoms with van der Waals surface area (Å²) < 4.78 is 0. The summed E-state index contributed by atoms with van der Waals surface area (Å²) in [5.74, 6) is 1.11. The molecule has 4 N–H and O–H groups in total. The van der Waals surface area contributed by atoms with Crippen molar-refractivity contribution < 1.29 is 20.1 Å². The van der Waals surface area contributed by atoms with E-state index in [1.165, 1.54) is 12.5 Å². The monoisotopic (exact) mass is 419 g/mol. The van der Waals surface area contributed by atoms with E-state index >= 15 is 0 Å². The molecule has 0 aromatic rings. The third-order valence-electron chi connectivity index (χ3n) is 10.1. The molecule has 0 bridgehead atoms. The minimum atomic E-state index is -1.21. The highest BCUT2D eigenvalue weighted by molar-refractivity contribution is 5.73. The first kappa shape index (κ1) is 22.3. The van der Waals surface area contributed by atoms with Gasteiger partial charge >= 0.3 is 0 Å². The van der Waals surface area contributed by atoms with E-state index in [1.807, 2.05) is 6.92 Å². The quantitative estimate of drug-likeness (QED) is 0.529. The van der Waals surface area contributed by atoms with E-state index in [-0.39, 0.29) is 34.8 Å². The van der Waals surface area contributed by atoms with Gasteiger partial charge in [0.25, 0.3) is 0 Å². The maximum absolute atomic E-state index is 12.0. The third-order valence-corrected chi connectivity index (χ3v) is 10.1. The van der Waals surface area contributed by atoms with Gasteiger partial charge in [0.1, 0.15) is 5.60 Å². The summed E-state index contributed by atoms with van der Waals surface area (Å²) in [6.45, 7) is 9.80. The number of hydrogen-bond donors (Lipinski definition) is 4. The lowest BCUT2D eigenvalue weighted by Gasteiger charge is -2.59. The molecular weight excluding hydrogens is 378 g/mol. The van der Waals surface area contributed by atoms with Crippen molar-refractivity contribution in [2.75, 3.05) is 0 Å². The van der Waals surface area contributed by atoms with Crippen LogP contribution in [0.15, 0.2) is 11.6 Å². The molecule has 0 aliphatic heterocycles. The molecule has 4 aliphatic carbocycles. The molecule has 0 saturated heterocycles. The highest BCUT2D eigenvalue weighted by Gasteiger charge is 2.69. The van der Waals surface area contributed by atoms with Gasteiger partial charge in [-0.15, -0.1) is 0 Å². The molecule has 10 atom stereocenters. The number of allylic oxidation sites excluding steroid dienone is 1. The maximum atomic E-state index is 12.0. The van der Waals surface area contributed by atoms with E-state index in [2.05, 4.69) is 25.2 Å². The molecule has 1 amide bonds. The zero-order valence-electron chi connectivity index (χ0n) is 19.3. The first-order chi connectivity index (χ1) is 13.9. The van der Waals surface area contributed by atoms with Crippen molar-refractivity contribution in [1.29, 1.82) is 0 Å². The van der Waals surface area contributed by atoms with Crippen molar-refractivity contribution >= 4 is 5.91 Å². The van der Waals surface area contributed by atoms with Crippen LogP contribution >= 0.6 is 0 Å². The van der Waals surface area contributed by atoms with Gasteiger partial charge in [-0.05, 0) is 82.0 Å². The predicted octanol–water partition coefficient (Wildman–Crippen LogP) is 3.17. The molecule has 4 rings (SSSR count). The molecule has 0 aromatic carbocycles. The van der Waals surface area contributed by atoms with Crippen LogP contribution in [0.25, 0.3) is 0 Å². The van der Waals surface area contributed by atoms with E-state index in [1.54, 1.807) is 6.92 Å². The molecular formula is C25H41NO4. The van der Waals surface area contributed by atoms with Crippen LogP contribution in [0.4, 0.5) is 0 Å². The molecule has 5 heteroatoms. The fourth-order valence-electron chi connectivity index (χ4n) is 8.56. The Bertz CT molecular complexity index is 735. The number of aliphatic hydroxyl groups is 3. The molecule has 30 heavy (non-hydrogen) atoms. The van der Waals surface area contributed by atoms with Crippen molar-refractivity contribution in [3.63, 3.8) is 0 Å². The number of aliphatic hydroxyl groups excluding tert-OH is 2. The molecule has 0 spiro atoms. The van der Waals surface area contributed by atoms with Gasteiger partial charge in [0.15, 0.2) is 0 Å². The highest BCUT2D eigenvalue weighted by atomic mass is 16.3. The number of fused-ring (bicyclic) bond motifs is 5. The smallest absolute Gasteiger partial charge is 0.217 e. The van der Waals surface area contributed by atoms with Crippen LogP contribution in [0.3, 0.4) is 0 Å². The number of carbonyl (C=O) groups is 1. The van der Waals surface area contributed by atoms with Crippen molar-refractivity contribution in [2.24, 2.45) is 34.5 Å². The largest absolute Gasteiger partial charge is 0.393 e. The van der Waals surface area contributed by atoms with E-state index in [9.17, 15) is 20.1 Å². The van der Waals surface area contributed by atoms with Crippen molar-refractivity contribution in [2.45, 2.75) is 103 Å². The third kappa shape index (κ3) is 2.95. The fourth-order valence-corrected chi connectivity index (χ4v) is 8.56. The SMILES string of the molecule is CC(=O)NC(C)[C@@H]1C[C@H]2[C@@H]3CC=C4C[C@@H](O)CC[C@]4(C)[C@H]3CC[C@]2(C)[C@@]1(O)C(C)O. The average molecular weight is 420 g/mol. The summed E-state index contributed by atoms with van der Waals surface area (Å²) in [7, 11) is 0. The molecule has 0 radical (unpaired) electrons. The fraction of sp³-hybridized carbons (Fsp3) is 0.880.